The molecule has 0 aliphatic heterocycles. The van der Waals surface area contributed by atoms with Gasteiger partial charge in [-0.15, -0.1) is 0 Å². The van der Waals surface area contributed by atoms with Crippen molar-refractivity contribution in [1.29, 1.82) is 0 Å². The third-order valence-electron chi connectivity index (χ3n) is 4.27. The summed E-state index contributed by atoms with van der Waals surface area (Å²) in [5.74, 6) is 0.865. The van der Waals surface area contributed by atoms with Crippen LogP contribution in [-0.4, -0.2) is 32.6 Å². The van der Waals surface area contributed by atoms with Crippen molar-refractivity contribution in [1.82, 2.24) is 0 Å². The lowest BCUT2D eigenvalue weighted by Gasteiger charge is -2.23. The molecular formula is C21H26N2O4. The van der Waals surface area contributed by atoms with Crippen LogP contribution in [0, 0.1) is 0 Å². The number of aryl methyl sites for hydroxylation is 1. The molecule has 0 spiro atoms. The second kappa shape index (κ2) is 9.62. The molecule has 0 saturated heterocycles. The first-order valence-electron chi connectivity index (χ1n) is 8.88. The number of rotatable bonds is 8. The van der Waals surface area contributed by atoms with Gasteiger partial charge in [0.15, 0.2) is 11.5 Å². The monoisotopic (exact) mass is 370 g/mol. The molecule has 0 atom stereocenters. The van der Waals surface area contributed by atoms with Crippen molar-refractivity contribution in [3.05, 3.63) is 48.0 Å². The van der Waals surface area contributed by atoms with Gasteiger partial charge in [0.1, 0.15) is 0 Å². The SMILES string of the molecule is CCc1ccccc1N(CCC(=O)Nc1ccc(OC)c(OC)c1)C(C)=O. The zero-order chi connectivity index (χ0) is 19.8. The summed E-state index contributed by atoms with van der Waals surface area (Å²) < 4.78 is 10.4. The van der Waals surface area contributed by atoms with Gasteiger partial charge in [0.2, 0.25) is 11.8 Å². The van der Waals surface area contributed by atoms with Crippen LogP contribution < -0.4 is 19.7 Å². The van der Waals surface area contributed by atoms with E-state index in [-0.39, 0.29) is 18.2 Å². The summed E-state index contributed by atoms with van der Waals surface area (Å²) in [6.07, 6.45) is 1.00. The molecule has 2 aromatic carbocycles. The molecule has 27 heavy (non-hydrogen) atoms. The van der Waals surface area contributed by atoms with Crippen molar-refractivity contribution in [2.24, 2.45) is 0 Å². The van der Waals surface area contributed by atoms with Crippen LogP contribution in [-0.2, 0) is 16.0 Å². The van der Waals surface area contributed by atoms with E-state index >= 15 is 0 Å². The predicted molar refractivity (Wildman–Crippen MR) is 107 cm³/mol. The van der Waals surface area contributed by atoms with Crippen LogP contribution in [0.15, 0.2) is 42.5 Å². The second-order valence-corrected chi connectivity index (χ2v) is 6.02. The highest BCUT2D eigenvalue weighted by Crippen LogP contribution is 2.29. The highest BCUT2D eigenvalue weighted by atomic mass is 16.5. The Morgan fingerprint density at radius 2 is 1.74 bits per heavy atom. The minimum atomic E-state index is -0.178. The number of hydrogen-bond donors (Lipinski definition) is 1. The van der Waals surface area contributed by atoms with Gasteiger partial charge < -0.3 is 19.7 Å². The van der Waals surface area contributed by atoms with E-state index in [1.165, 1.54) is 6.92 Å². The number of benzene rings is 2. The van der Waals surface area contributed by atoms with Gasteiger partial charge in [0.25, 0.3) is 0 Å². The number of carbonyl (C=O) groups excluding carboxylic acids is 2. The summed E-state index contributed by atoms with van der Waals surface area (Å²) in [5.41, 5.74) is 2.54. The third kappa shape index (κ3) is 5.23. The number of anilines is 2. The van der Waals surface area contributed by atoms with E-state index in [2.05, 4.69) is 5.32 Å². The largest absolute Gasteiger partial charge is 0.493 e. The molecule has 0 aromatic heterocycles. The Balaban J connectivity index is 2.05. The van der Waals surface area contributed by atoms with Gasteiger partial charge >= 0.3 is 0 Å². The van der Waals surface area contributed by atoms with Gasteiger partial charge in [-0.1, -0.05) is 25.1 Å². The minimum absolute atomic E-state index is 0.0881. The zero-order valence-corrected chi connectivity index (χ0v) is 16.2. The van der Waals surface area contributed by atoms with Gasteiger partial charge in [-0.2, -0.15) is 0 Å². The predicted octanol–water partition coefficient (Wildman–Crippen LogP) is 3.65. The molecule has 0 saturated carbocycles. The van der Waals surface area contributed by atoms with Crippen LogP contribution in [0.2, 0.25) is 0 Å². The Labute approximate surface area is 160 Å². The maximum absolute atomic E-state index is 12.4. The minimum Gasteiger partial charge on any atom is -0.493 e. The highest BCUT2D eigenvalue weighted by molar-refractivity contribution is 5.95. The summed E-state index contributed by atoms with van der Waals surface area (Å²) in [7, 11) is 3.10. The summed E-state index contributed by atoms with van der Waals surface area (Å²) in [5, 5.41) is 2.83. The van der Waals surface area contributed by atoms with Gasteiger partial charge in [-0.25, -0.2) is 0 Å². The lowest BCUT2D eigenvalue weighted by atomic mass is 10.1. The molecule has 0 heterocycles. The average Bonchev–Trinajstić information content (AvgIpc) is 2.68. The molecular weight excluding hydrogens is 344 g/mol. The molecule has 0 bridgehead atoms. The molecule has 0 unspecified atom stereocenters. The standard InChI is InChI=1S/C21H26N2O4/c1-5-16-8-6-7-9-18(16)23(15(2)24)13-12-21(25)22-17-10-11-19(26-3)20(14-17)27-4/h6-11,14H,5,12-13H2,1-4H3,(H,22,25). The first-order valence-corrected chi connectivity index (χ1v) is 8.88. The maximum Gasteiger partial charge on any atom is 0.226 e. The Morgan fingerprint density at radius 1 is 1.04 bits per heavy atom. The van der Waals surface area contributed by atoms with Crippen molar-refractivity contribution in [2.75, 3.05) is 31.0 Å². The van der Waals surface area contributed by atoms with Crippen molar-refractivity contribution in [3.63, 3.8) is 0 Å². The number of methoxy groups -OCH3 is 2. The molecule has 2 amide bonds. The Bertz CT molecular complexity index is 805. The first-order chi connectivity index (χ1) is 13.0. The lowest BCUT2D eigenvalue weighted by molar-refractivity contribution is -0.117. The van der Waals surface area contributed by atoms with Gasteiger partial charge in [0.05, 0.1) is 14.2 Å². The van der Waals surface area contributed by atoms with E-state index in [1.807, 2.05) is 31.2 Å². The fourth-order valence-electron chi connectivity index (χ4n) is 2.87. The number of para-hydroxylation sites is 1. The van der Waals surface area contributed by atoms with Crippen LogP contribution in [0.4, 0.5) is 11.4 Å². The molecule has 6 heteroatoms. The van der Waals surface area contributed by atoms with Crippen LogP contribution in [0.25, 0.3) is 0 Å². The fraction of sp³-hybridized carbons (Fsp3) is 0.333. The van der Waals surface area contributed by atoms with Crippen molar-refractivity contribution in [3.8, 4) is 11.5 Å². The summed E-state index contributed by atoms with van der Waals surface area (Å²) in [6, 6.07) is 12.9. The van der Waals surface area contributed by atoms with Crippen LogP contribution in [0.5, 0.6) is 11.5 Å². The van der Waals surface area contributed by atoms with E-state index in [0.29, 0.717) is 23.7 Å². The van der Waals surface area contributed by atoms with Gasteiger partial charge in [-0.05, 0) is 30.2 Å². The van der Waals surface area contributed by atoms with Crippen LogP contribution >= 0.6 is 0 Å². The molecule has 144 valence electrons. The summed E-state index contributed by atoms with van der Waals surface area (Å²) in [4.78, 5) is 26.1. The third-order valence-corrected chi connectivity index (χ3v) is 4.27. The zero-order valence-electron chi connectivity index (χ0n) is 16.2. The van der Waals surface area contributed by atoms with Gasteiger partial charge in [0, 0.05) is 37.3 Å². The molecule has 1 N–H and O–H groups in total. The second-order valence-electron chi connectivity index (χ2n) is 6.02. The number of hydrogen-bond acceptors (Lipinski definition) is 4. The molecule has 2 aromatic rings. The number of ether oxygens (including phenoxy) is 2. The van der Waals surface area contributed by atoms with E-state index in [1.54, 1.807) is 37.3 Å². The maximum atomic E-state index is 12.4. The molecule has 0 aliphatic carbocycles. The van der Waals surface area contributed by atoms with Crippen molar-refractivity contribution < 1.29 is 19.1 Å². The summed E-state index contributed by atoms with van der Waals surface area (Å²) in [6.45, 7) is 3.87. The quantitative estimate of drug-likeness (QED) is 0.770. The highest BCUT2D eigenvalue weighted by Gasteiger charge is 2.16. The number of carbonyl (C=O) groups is 2. The van der Waals surface area contributed by atoms with E-state index in [9.17, 15) is 9.59 Å². The molecule has 2 rings (SSSR count). The Morgan fingerprint density at radius 3 is 2.37 bits per heavy atom. The Hall–Kier alpha value is -3.02. The number of nitrogens with one attached hydrogen (secondary N) is 1. The van der Waals surface area contributed by atoms with Gasteiger partial charge in [-0.3, -0.25) is 9.59 Å². The normalized spacial score (nSPS) is 10.2. The fourth-order valence-corrected chi connectivity index (χ4v) is 2.87. The van der Waals surface area contributed by atoms with Crippen LogP contribution in [0.1, 0.15) is 25.8 Å². The topological polar surface area (TPSA) is 67.9 Å². The van der Waals surface area contributed by atoms with Crippen LogP contribution in [0.3, 0.4) is 0 Å². The first kappa shape index (κ1) is 20.3. The number of amides is 2. The van der Waals surface area contributed by atoms with Crippen molar-refractivity contribution in [2.45, 2.75) is 26.7 Å². The number of nitrogens with zero attached hydrogens (tertiary/aromatic N) is 1. The molecule has 0 aliphatic rings. The Kier molecular flexibility index (Phi) is 7.23. The van der Waals surface area contributed by atoms with E-state index in [0.717, 1.165) is 17.7 Å². The van der Waals surface area contributed by atoms with E-state index in [4.69, 9.17) is 9.47 Å². The molecule has 0 radical (unpaired) electrons. The average molecular weight is 370 g/mol. The lowest BCUT2D eigenvalue weighted by Crippen LogP contribution is -2.32. The van der Waals surface area contributed by atoms with E-state index < -0.39 is 0 Å². The van der Waals surface area contributed by atoms with Crippen molar-refractivity contribution >= 4 is 23.2 Å². The smallest absolute Gasteiger partial charge is 0.226 e. The summed E-state index contributed by atoms with van der Waals surface area (Å²) >= 11 is 0. The molecule has 0 fully saturated rings. The molecule has 6 nitrogen and oxygen atoms in total.